The van der Waals surface area contributed by atoms with Crippen molar-refractivity contribution in [3.05, 3.63) is 0 Å². The molecule has 0 saturated heterocycles. The monoisotopic (exact) mass is 275 g/mol. The number of amides is 1. The predicted molar refractivity (Wildman–Crippen MR) is 68.2 cm³/mol. The topological polar surface area (TPSA) is 54.9 Å². The molecule has 0 spiro atoms. The van der Waals surface area contributed by atoms with Crippen LogP contribution in [0.3, 0.4) is 0 Å². The van der Waals surface area contributed by atoms with Crippen molar-refractivity contribution in [1.82, 2.24) is 15.5 Å². The number of rotatable bonds is 6. The number of thioether (sulfide) groups is 2. The molecule has 7 heteroatoms. The third-order valence-electron chi connectivity index (χ3n) is 1.92. The van der Waals surface area contributed by atoms with Gasteiger partial charge in [-0.05, 0) is 18.6 Å². The van der Waals surface area contributed by atoms with E-state index in [1.165, 1.54) is 11.8 Å². The second kappa shape index (κ2) is 5.88. The standard InChI is InChI=1S/C9H13N3OS3/c1-2-14-8-11-12-9(16-8)15-5-7(13)10-6-3-4-6/h6H,2-5H2,1H3,(H,10,13). The quantitative estimate of drug-likeness (QED) is 0.805. The maximum atomic E-state index is 11.4. The molecule has 1 aliphatic rings. The first kappa shape index (κ1) is 12.2. The van der Waals surface area contributed by atoms with Gasteiger partial charge >= 0.3 is 0 Å². The lowest BCUT2D eigenvalue weighted by molar-refractivity contribution is -0.118. The maximum Gasteiger partial charge on any atom is 0.230 e. The molecule has 0 atom stereocenters. The summed E-state index contributed by atoms with van der Waals surface area (Å²) in [4.78, 5) is 11.4. The molecule has 0 bridgehead atoms. The molecular formula is C9H13N3OS3. The molecule has 1 N–H and O–H groups in total. The Balaban J connectivity index is 1.72. The van der Waals surface area contributed by atoms with Gasteiger partial charge in [-0.2, -0.15) is 0 Å². The van der Waals surface area contributed by atoms with E-state index in [-0.39, 0.29) is 5.91 Å². The highest BCUT2D eigenvalue weighted by atomic mass is 32.2. The summed E-state index contributed by atoms with van der Waals surface area (Å²) in [7, 11) is 0. The summed E-state index contributed by atoms with van der Waals surface area (Å²) < 4.78 is 1.86. The second-order valence-electron chi connectivity index (χ2n) is 3.40. The van der Waals surface area contributed by atoms with Crippen molar-refractivity contribution in [1.29, 1.82) is 0 Å². The van der Waals surface area contributed by atoms with Gasteiger partial charge in [0.2, 0.25) is 5.91 Å². The Kier molecular flexibility index (Phi) is 4.48. The highest BCUT2D eigenvalue weighted by Gasteiger charge is 2.23. The lowest BCUT2D eigenvalue weighted by Gasteiger charge is -1.99. The van der Waals surface area contributed by atoms with Crippen molar-refractivity contribution in [2.45, 2.75) is 34.5 Å². The van der Waals surface area contributed by atoms with Gasteiger partial charge in [0.15, 0.2) is 8.68 Å². The number of hydrogen-bond acceptors (Lipinski definition) is 6. The molecule has 0 unspecified atom stereocenters. The van der Waals surface area contributed by atoms with E-state index in [0.29, 0.717) is 11.8 Å². The third-order valence-corrected chi connectivity index (χ3v) is 5.00. The normalized spacial score (nSPS) is 15.1. The predicted octanol–water partition coefficient (Wildman–Crippen LogP) is 2.02. The fourth-order valence-electron chi connectivity index (χ4n) is 1.06. The molecule has 1 aromatic rings. The largest absolute Gasteiger partial charge is 0.353 e. The van der Waals surface area contributed by atoms with Gasteiger partial charge in [0, 0.05) is 6.04 Å². The third kappa shape index (κ3) is 3.95. The van der Waals surface area contributed by atoms with Gasteiger partial charge in [0.1, 0.15) is 0 Å². The number of aromatic nitrogens is 2. The number of hydrogen-bond donors (Lipinski definition) is 1. The van der Waals surface area contributed by atoms with Crippen LogP contribution in [0.4, 0.5) is 0 Å². The number of carbonyl (C=O) groups is 1. The van der Waals surface area contributed by atoms with Crippen molar-refractivity contribution in [3.63, 3.8) is 0 Å². The van der Waals surface area contributed by atoms with Gasteiger partial charge in [0.05, 0.1) is 5.75 Å². The van der Waals surface area contributed by atoms with Crippen molar-refractivity contribution in [3.8, 4) is 0 Å². The van der Waals surface area contributed by atoms with Crippen LogP contribution >= 0.6 is 34.9 Å². The Morgan fingerprint density at radius 2 is 2.12 bits per heavy atom. The van der Waals surface area contributed by atoms with E-state index in [2.05, 4.69) is 22.4 Å². The van der Waals surface area contributed by atoms with Crippen LogP contribution in [0, 0.1) is 0 Å². The van der Waals surface area contributed by atoms with Crippen LogP contribution < -0.4 is 5.32 Å². The first-order chi connectivity index (χ1) is 7.78. The molecule has 4 nitrogen and oxygen atoms in total. The van der Waals surface area contributed by atoms with Crippen LogP contribution in [0.15, 0.2) is 8.68 Å². The lowest BCUT2D eigenvalue weighted by atomic mass is 10.6. The van der Waals surface area contributed by atoms with Crippen molar-refractivity contribution in [2.24, 2.45) is 0 Å². The minimum Gasteiger partial charge on any atom is -0.353 e. The van der Waals surface area contributed by atoms with E-state index >= 15 is 0 Å². The van der Waals surface area contributed by atoms with Crippen molar-refractivity contribution >= 4 is 40.8 Å². The van der Waals surface area contributed by atoms with Crippen LogP contribution in [0.5, 0.6) is 0 Å². The first-order valence-corrected chi connectivity index (χ1v) is 7.95. The molecule has 0 aromatic carbocycles. The van der Waals surface area contributed by atoms with E-state index in [9.17, 15) is 4.79 Å². The van der Waals surface area contributed by atoms with Gasteiger partial charge < -0.3 is 5.32 Å². The van der Waals surface area contributed by atoms with Crippen LogP contribution in [0.2, 0.25) is 0 Å². The first-order valence-electron chi connectivity index (χ1n) is 5.16. The average molecular weight is 275 g/mol. The Bertz CT molecular complexity index is 365. The van der Waals surface area contributed by atoms with Gasteiger partial charge in [-0.15, -0.1) is 10.2 Å². The van der Waals surface area contributed by atoms with Crippen LogP contribution in [-0.4, -0.2) is 33.7 Å². The molecule has 1 aromatic heterocycles. The maximum absolute atomic E-state index is 11.4. The molecule has 1 heterocycles. The van der Waals surface area contributed by atoms with Crippen LogP contribution in [0.25, 0.3) is 0 Å². The summed E-state index contributed by atoms with van der Waals surface area (Å²) in [6.07, 6.45) is 2.26. The molecule has 2 rings (SSSR count). The number of nitrogens with one attached hydrogen (secondary N) is 1. The van der Waals surface area contributed by atoms with Crippen LogP contribution in [0.1, 0.15) is 19.8 Å². The fraction of sp³-hybridized carbons (Fsp3) is 0.667. The van der Waals surface area contributed by atoms with Crippen molar-refractivity contribution in [2.75, 3.05) is 11.5 Å². The van der Waals surface area contributed by atoms with E-state index < -0.39 is 0 Å². The summed E-state index contributed by atoms with van der Waals surface area (Å²) in [5.74, 6) is 1.55. The molecule has 88 valence electrons. The average Bonchev–Trinajstić information content (AvgIpc) is 2.95. The fourth-order valence-corrected chi connectivity index (χ4v) is 3.79. The Hall–Kier alpha value is -0.270. The molecule has 0 aliphatic heterocycles. The molecular weight excluding hydrogens is 262 g/mol. The Morgan fingerprint density at radius 1 is 1.44 bits per heavy atom. The summed E-state index contributed by atoms with van der Waals surface area (Å²) in [6, 6.07) is 0.439. The summed E-state index contributed by atoms with van der Waals surface area (Å²) in [5, 5.41) is 11.0. The highest BCUT2D eigenvalue weighted by Crippen LogP contribution is 2.28. The highest BCUT2D eigenvalue weighted by molar-refractivity contribution is 8.03. The molecule has 0 radical (unpaired) electrons. The molecule has 16 heavy (non-hydrogen) atoms. The zero-order valence-corrected chi connectivity index (χ0v) is 11.4. The minimum absolute atomic E-state index is 0.104. The zero-order valence-electron chi connectivity index (χ0n) is 8.93. The number of nitrogens with zero attached hydrogens (tertiary/aromatic N) is 2. The minimum atomic E-state index is 0.104. The van der Waals surface area contributed by atoms with Gasteiger partial charge in [-0.3, -0.25) is 4.79 Å². The second-order valence-corrected chi connectivity index (χ2v) is 7.11. The van der Waals surface area contributed by atoms with Gasteiger partial charge in [0.25, 0.3) is 0 Å². The molecule has 1 aliphatic carbocycles. The lowest BCUT2D eigenvalue weighted by Crippen LogP contribution is -2.26. The Labute approximate surface area is 107 Å². The number of carbonyl (C=O) groups excluding carboxylic acids is 1. The summed E-state index contributed by atoms with van der Waals surface area (Å²) in [5.41, 5.74) is 0. The van der Waals surface area contributed by atoms with Gasteiger partial charge in [-0.25, -0.2) is 0 Å². The summed E-state index contributed by atoms with van der Waals surface area (Å²) in [6.45, 7) is 2.09. The smallest absolute Gasteiger partial charge is 0.230 e. The zero-order chi connectivity index (χ0) is 11.4. The molecule has 1 saturated carbocycles. The van der Waals surface area contributed by atoms with Crippen LogP contribution in [-0.2, 0) is 4.79 Å². The SMILES string of the molecule is CCSc1nnc(SCC(=O)NC2CC2)s1. The van der Waals surface area contributed by atoms with Gasteiger partial charge in [-0.1, -0.05) is 41.8 Å². The van der Waals surface area contributed by atoms with E-state index in [1.54, 1.807) is 23.1 Å². The molecule has 1 amide bonds. The summed E-state index contributed by atoms with van der Waals surface area (Å²) >= 11 is 4.70. The van der Waals surface area contributed by atoms with E-state index in [0.717, 1.165) is 27.3 Å². The molecule has 1 fully saturated rings. The Morgan fingerprint density at radius 3 is 2.75 bits per heavy atom. The van der Waals surface area contributed by atoms with E-state index in [1.807, 2.05) is 0 Å². The van der Waals surface area contributed by atoms with E-state index in [4.69, 9.17) is 0 Å². The van der Waals surface area contributed by atoms with Crippen molar-refractivity contribution < 1.29 is 4.79 Å².